The van der Waals surface area contributed by atoms with Crippen LogP contribution in [0, 0.1) is 17.7 Å². The van der Waals surface area contributed by atoms with Crippen LogP contribution in [0.15, 0.2) is 18.2 Å². The third kappa shape index (κ3) is 3.00. The molecule has 3 atom stereocenters. The summed E-state index contributed by atoms with van der Waals surface area (Å²) in [5.41, 5.74) is 3.42. The summed E-state index contributed by atoms with van der Waals surface area (Å²) in [5, 5.41) is 1.06. The molecule has 4 heteroatoms. The molecule has 2 aliphatic carbocycles. The maximum absolute atomic E-state index is 14.0. The van der Waals surface area contributed by atoms with E-state index >= 15 is 0 Å². The Hall–Kier alpha value is -1.39. The summed E-state index contributed by atoms with van der Waals surface area (Å²) in [4.78, 5) is 6.10. The van der Waals surface area contributed by atoms with Gasteiger partial charge in [-0.3, -0.25) is 0 Å². The summed E-state index contributed by atoms with van der Waals surface area (Å²) >= 11 is 0. The van der Waals surface area contributed by atoms with E-state index in [1.807, 2.05) is 6.07 Å². The van der Waals surface area contributed by atoms with Crippen LogP contribution >= 0.6 is 0 Å². The molecule has 0 radical (unpaired) electrons. The summed E-state index contributed by atoms with van der Waals surface area (Å²) in [5.74, 6) is 1.24. The molecule has 1 aromatic heterocycles. The van der Waals surface area contributed by atoms with Crippen LogP contribution in [0.25, 0.3) is 10.9 Å². The van der Waals surface area contributed by atoms with Crippen molar-refractivity contribution in [2.75, 3.05) is 20.7 Å². The minimum absolute atomic E-state index is 0.145. The third-order valence-electron chi connectivity index (χ3n) is 7.89. The molecular formula is C24H33FN2O. The minimum Gasteiger partial charge on any atom is -0.368 e. The monoisotopic (exact) mass is 384 g/mol. The Morgan fingerprint density at radius 3 is 2.82 bits per heavy atom. The van der Waals surface area contributed by atoms with Crippen molar-refractivity contribution >= 4 is 10.9 Å². The highest BCUT2D eigenvalue weighted by atomic mass is 19.1. The molecule has 0 saturated heterocycles. The van der Waals surface area contributed by atoms with E-state index in [4.69, 9.17) is 4.74 Å². The Morgan fingerprint density at radius 2 is 2.04 bits per heavy atom. The van der Waals surface area contributed by atoms with E-state index in [2.05, 4.69) is 24.0 Å². The lowest BCUT2D eigenvalue weighted by molar-refractivity contribution is -0.141. The van der Waals surface area contributed by atoms with Gasteiger partial charge in [0.1, 0.15) is 11.4 Å². The number of hydrogen-bond donors (Lipinski definition) is 1. The number of halogens is 1. The van der Waals surface area contributed by atoms with Gasteiger partial charge in [0.2, 0.25) is 0 Å². The Labute approximate surface area is 167 Å². The number of nitrogens with one attached hydrogen (secondary N) is 1. The summed E-state index contributed by atoms with van der Waals surface area (Å²) in [6.45, 7) is 0.754. The van der Waals surface area contributed by atoms with Gasteiger partial charge in [-0.2, -0.15) is 0 Å². The standard InChI is InChI=1S/C24H33FN2O/c1-27(2)19-9-11-24(17(14-19)13-16-5-3-4-6-16)23-20(10-12-28-24)21-15-18(25)7-8-22(21)26-23/h7-8,15-17,19,26H,3-6,9-14H2,1-2H3. The predicted octanol–water partition coefficient (Wildman–Crippen LogP) is 5.39. The average molecular weight is 385 g/mol. The number of aromatic amines is 1. The molecule has 2 fully saturated rings. The fraction of sp³-hybridized carbons (Fsp3) is 0.667. The van der Waals surface area contributed by atoms with Crippen molar-refractivity contribution in [2.24, 2.45) is 11.8 Å². The highest BCUT2D eigenvalue weighted by Gasteiger charge is 2.50. The summed E-state index contributed by atoms with van der Waals surface area (Å²) in [6.07, 6.45) is 11.1. The molecular weight excluding hydrogens is 351 g/mol. The first kappa shape index (κ1) is 18.6. The van der Waals surface area contributed by atoms with Gasteiger partial charge in [0.05, 0.1) is 12.3 Å². The molecule has 3 aliphatic rings. The van der Waals surface area contributed by atoms with Crippen LogP contribution in [-0.4, -0.2) is 36.6 Å². The Kier molecular flexibility index (Phi) is 4.75. The smallest absolute Gasteiger partial charge is 0.123 e. The molecule has 1 aliphatic heterocycles. The highest BCUT2D eigenvalue weighted by Crippen LogP contribution is 2.52. The molecule has 2 heterocycles. The van der Waals surface area contributed by atoms with Crippen molar-refractivity contribution < 1.29 is 9.13 Å². The fourth-order valence-corrected chi connectivity index (χ4v) is 6.39. The topological polar surface area (TPSA) is 28.3 Å². The number of fused-ring (bicyclic) bond motifs is 4. The first-order chi connectivity index (χ1) is 13.6. The molecule has 0 amide bonds. The summed E-state index contributed by atoms with van der Waals surface area (Å²) in [6, 6.07) is 5.80. The maximum atomic E-state index is 14.0. The zero-order chi connectivity index (χ0) is 19.3. The van der Waals surface area contributed by atoms with Gasteiger partial charge in [-0.05, 0) is 81.8 Å². The van der Waals surface area contributed by atoms with Gasteiger partial charge in [-0.1, -0.05) is 25.7 Å². The molecule has 152 valence electrons. The van der Waals surface area contributed by atoms with Gasteiger partial charge in [0, 0.05) is 16.9 Å². The second kappa shape index (κ2) is 7.14. The Balaban J connectivity index is 1.57. The Bertz CT molecular complexity index is 852. The van der Waals surface area contributed by atoms with E-state index in [-0.39, 0.29) is 11.4 Å². The first-order valence-corrected chi connectivity index (χ1v) is 11.2. The molecule has 2 saturated carbocycles. The van der Waals surface area contributed by atoms with Gasteiger partial charge in [0.15, 0.2) is 0 Å². The molecule has 1 aromatic carbocycles. The van der Waals surface area contributed by atoms with Crippen LogP contribution in [0.5, 0.6) is 0 Å². The van der Waals surface area contributed by atoms with Crippen molar-refractivity contribution in [3.8, 4) is 0 Å². The van der Waals surface area contributed by atoms with Gasteiger partial charge >= 0.3 is 0 Å². The Morgan fingerprint density at radius 1 is 1.21 bits per heavy atom. The summed E-state index contributed by atoms with van der Waals surface area (Å²) < 4.78 is 20.7. The van der Waals surface area contributed by atoms with Crippen molar-refractivity contribution in [2.45, 2.75) is 69.4 Å². The van der Waals surface area contributed by atoms with E-state index < -0.39 is 0 Å². The lowest BCUT2D eigenvalue weighted by Gasteiger charge is -2.50. The normalized spacial score (nSPS) is 31.1. The SMILES string of the molecule is CN(C)C1CCC2(OCCc3c2[nH]c2ccc(F)cc32)C(CC2CCCC2)C1. The maximum Gasteiger partial charge on any atom is 0.123 e. The van der Waals surface area contributed by atoms with E-state index in [0.29, 0.717) is 12.0 Å². The van der Waals surface area contributed by atoms with Crippen molar-refractivity contribution in [3.05, 3.63) is 35.3 Å². The highest BCUT2D eigenvalue weighted by molar-refractivity contribution is 5.85. The van der Waals surface area contributed by atoms with Crippen LogP contribution in [0.4, 0.5) is 4.39 Å². The molecule has 5 rings (SSSR count). The largest absolute Gasteiger partial charge is 0.368 e. The van der Waals surface area contributed by atoms with Gasteiger partial charge in [-0.25, -0.2) is 4.39 Å². The van der Waals surface area contributed by atoms with Crippen LogP contribution < -0.4 is 0 Å². The van der Waals surface area contributed by atoms with Gasteiger partial charge < -0.3 is 14.6 Å². The number of aromatic nitrogens is 1. The van der Waals surface area contributed by atoms with Crippen LogP contribution in [0.1, 0.15) is 62.6 Å². The summed E-state index contributed by atoms with van der Waals surface area (Å²) in [7, 11) is 4.43. The van der Waals surface area contributed by atoms with E-state index in [1.165, 1.54) is 49.8 Å². The first-order valence-electron chi connectivity index (χ1n) is 11.2. The fourth-order valence-electron chi connectivity index (χ4n) is 6.39. The molecule has 0 bridgehead atoms. The zero-order valence-electron chi connectivity index (χ0n) is 17.3. The number of ether oxygens (including phenoxy) is 1. The van der Waals surface area contributed by atoms with Crippen molar-refractivity contribution in [3.63, 3.8) is 0 Å². The lowest BCUT2D eigenvalue weighted by Crippen LogP contribution is -2.50. The molecule has 2 aromatic rings. The molecule has 1 N–H and O–H groups in total. The minimum atomic E-state index is -0.210. The number of benzene rings is 1. The van der Waals surface area contributed by atoms with Crippen LogP contribution in [0.3, 0.4) is 0 Å². The average Bonchev–Trinajstić information content (AvgIpc) is 3.32. The number of rotatable bonds is 3. The van der Waals surface area contributed by atoms with Crippen molar-refractivity contribution in [1.82, 2.24) is 9.88 Å². The van der Waals surface area contributed by atoms with Gasteiger partial charge in [-0.15, -0.1) is 0 Å². The second-order valence-corrected chi connectivity index (χ2v) is 9.63. The van der Waals surface area contributed by atoms with Crippen LogP contribution in [0.2, 0.25) is 0 Å². The predicted molar refractivity (Wildman–Crippen MR) is 111 cm³/mol. The molecule has 3 nitrogen and oxygen atoms in total. The third-order valence-corrected chi connectivity index (χ3v) is 7.89. The van der Waals surface area contributed by atoms with E-state index in [1.54, 1.807) is 12.1 Å². The molecule has 3 unspecified atom stereocenters. The van der Waals surface area contributed by atoms with E-state index in [9.17, 15) is 4.39 Å². The van der Waals surface area contributed by atoms with Crippen LogP contribution in [-0.2, 0) is 16.8 Å². The van der Waals surface area contributed by atoms with E-state index in [0.717, 1.165) is 42.7 Å². The number of nitrogens with zero attached hydrogens (tertiary/aromatic N) is 1. The zero-order valence-corrected chi connectivity index (χ0v) is 17.3. The molecule has 28 heavy (non-hydrogen) atoms. The second-order valence-electron chi connectivity index (χ2n) is 9.63. The lowest BCUT2D eigenvalue weighted by atomic mass is 9.66. The number of hydrogen-bond acceptors (Lipinski definition) is 2. The van der Waals surface area contributed by atoms with Gasteiger partial charge in [0.25, 0.3) is 0 Å². The number of H-pyrrole nitrogens is 1. The quantitative estimate of drug-likeness (QED) is 0.769. The van der Waals surface area contributed by atoms with Crippen molar-refractivity contribution in [1.29, 1.82) is 0 Å². The molecule has 1 spiro atoms.